The highest BCUT2D eigenvalue weighted by Crippen LogP contribution is 2.27. The van der Waals surface area contributed by atoms with Crippen molar-refractivity contribution in [1.29, 1.82) is 0 Å². The van der Waals surface area contributed by atoms with Crippen LogP contribution in [-0.4, -0.2) is 17.7 Å². The second-order valence-electron chi connectivity index (χ2n) is 5.21. The van der Waals surface area contributed by atoms with E-state index in [1.54, 1.807) is 4.90 Å². The van der Waals surface area contributed by atoms with Gasteiger partial charge in [-0.1, -0.05) is 13.8 Å². The molecule has 0 unspecified atom stereocenters. The Labute approximate surface area is 107 Å². The summed E-state index contributed by atoms with van der Waals surface area (Å²) < 4.78 is 27.9. The molecule has 102 valence electrons. The van der Waals surface area contributed by atoms with Crippen molar-refractivity contribution >= 4 is 5.69 Å². The predicted molar refractivity (Wildman–Crippen MR) is 69.6 cm³/mol. The molecule has 1 rings (SSSR count). The molecule has 0 aliphatic heterocycles. The molecular formula is C14H21F2NO. The van der Waals surface area contributed by atoms with Gasteiger partial charge in [-0.3, -0.25) is 0 Å². The number of hydrogen-bond acceptors (Lipinski definition) is 2. The lowest BCUT2D eigenvalue weighted by molar-refractivity contribution is 0.280. The summed E-state index contributed by atoms with van der Waals surface area (Å²) in [7, 11) is 0. The molecule has 0 saturated heterocycles. The summed E-state index contributed by atoms with van der Waals surface area (Å²) in [6.45, 7) is 8.05. The van der Waals surface area contributed by atoms with Gasteiger partial charge in [-0.15, -0.1) is 0 Å². The first-order chi connectivity index (χ1) is 8.36. The largest absolute Gasteiger partial charge is 0.392 e. The monoisotopic (exact) mass is 257 g/mol. The van der Waals surface area contributed by atoms with E-state index in [-0.39, 0.29) is 23.9 Å². The van der Waals surface area contributed by atoms with Gasteiger partial charge in [0.25, 0.3) is 0 Å². The van der Waals surface area contributed by atoms with Gasteiger partial charge in [0.05, 0.1) is 6.61 Å². The molecule has 0 fully saturated rings. The SMILES string of the molecule is CC(C)CN(c1c(F)cc(CO)cc1F)C(C)C. The molecule has 0 amide bonds. The molecule has 0 aliphatic carbocycles. The fourth-order valence-corrected chi connectivity index (χ4v) is 1.94. The summed E-state index contributed by atoms with van der Waals surface area (Å²) in [4.78, 5) is 1.72. The van der Waals surface area contributed by atoms with E-state index >= 15 is 0 Å². The molecule has 0 spiro atoms. The van der Waals surface area contributed by atoms with Crippen LogP contribution in [0.5, 0.6) is 0 Å². The van der Waals surface area contributed by atoms with E-state index in [0.717, 1.165) is 0 Å². The zero-order chi connectivity index (χ0) is 13.9. The second-order valence-corrected chi connectivity index (χ2v) is 5.21. The van der Waals surface area contributed by atoms with Gasteiger partial charge in [0, 0.05) is 12.6 Å². The van der Waals surface area contributed by atoms with E-state index in [0.29, 0.717) is 12.5 Å². The average molecular weight is 257 g/mol. The van der Waals surface area contributed by atoms with Gasteiger partial charge in [0.2, 0.25) is 0 Å². The molecule has 0 aromatic heterocycles. The number of halogens is 2. The Balaban J connectivity index is 3.19. The molecule has 0 bridgehead atoms. The number of aliphatic hydroxyl groups excluding tert-OH is 1. The lowest BCUT2D eigenvalue weighted by Gasteiger charge is -2.31. The summed E-state index contributed by atoms with van der Waals surface area (Å²) in [5, 5.41) is 8.92. The Morgan fingerprint density at radius 2 is 1.61 bits per heavy atom. The lowest BCUT2D eigenvalue weighted by atomic mass is 10.1. The van der Waals surface area contributed by atoms with Crippen molar-refractivity contribution in [3.05, 3.63) is 29.3 Å². The van der Waals surface area contributed by atoms with Gasteiger partial charge in [0.15, 0.2) is 0 Å². The van der Waals surface area contributed by atoms with Crippen LogP contribution in [0, 0.1) is 17.6 Å². The Bertz CT molecular complexity index is 382. The number of nitrogens with zero attached hydrogens (tertiary/aromatic N) is 1. The van der Waals surface area contributed by atoms with Gasteiger partial charge in [-0.05, 0) is 37.5 Å². The van der Waals surface area contributed by atoms with Crippen molar-refractivity contribution in [2.24, 2.45) is 5.92 Å². The Hall–Kier alpha value is -1.16. The molecule has 4 heteroatoms. The number of aliphatic hydroxyl groups is 1. The van der Waals surface area contributed by atoms with Gasteiger partial charge in [0.1, 0.15) is 17.3 Å². The number of rotatable bonds is 5. The standard InChI is InChI=1S/C14H21F2NO/c1-9(2)7-17(10(3)4)14-12(15)5-11(8-18)6-13(14)16/h5-6,9-10,18H,7-8H2,1-4H3. The highest BCUT2D eigenvalue weighted by atomic mass is 19.1. The quantitative estimate of drug-likeness (QED) is 0.874. The number of hydrogen-bond donors (Lipinski definition) is 1. The molecular weight excluding hydrogens is 236 g/mol. The van der Waals surface area contributed by atoms with E-state index in [1.165, 1.54) is 12.1 Å². The van der Waals surface area contributed by atoms with Crippen LogP contribution in [0.2, 0.25) is 0 Å². The van der Waals surface area contributed by atoms with Crippen LogP contribution >= 0.6 is 0 Å². The van der Waals surface area contributed by atoms with Crippen LogP contribution in [0.15, 0.2) is 12.1 Å². The summed E-state index contributed by atoms with van der Waals surface area (Å²) in [5.41, 5.74) is 0.248. The van der Waals surface area contributed by atoms with Crippen LogP contribution < -0.4 is 4.90 Å². The predicted octanol–water partition coefficient (Wildman–Crippen LogP) is 3.33. The zero-order valence-electron chi connectivity index (χ0n) is 11.4. The molecule has 0 heterocycles. The third kappa shape index (κ3) is 3.42. The minimum Gasteiger partial charge on any atom is -0.392 e. The first-order valence-electron chi connectivity index (χ1n) is 6.22. The van der Waals surface area contributed by atoms with Gasteiger partial charge < -0.3 is 10.0 Å². The van der Waals surface area contributed by atoms with Gasteiger partial charge in [-0.2, -0.15) is 0 Å². The smallest absolute Gasteiger partial charge is 0.149 e. The molecule has 1 aromatic carbocycles. The number of benzene rings is 1. The maximum absolute atomic E-state index is 14.0. The summed E-state index contributed by atoms with van der Waals surface area (Å²) in [6, 6.07) is 2.39. The maximum Gasteiger partial charge on any atom is 0.149 e. The highest BCUT2D eigenvalue weighted by molar-refractivity contribution is 5.51. The maximum atomic E-state index is 14.0. The van der Waals surface area contributed by atoms with Crippen molar-refractivity contribution in [2.75, 3.05) is 11.4 Å². The fourth-order valence-electron chi connectivity index (χ4n) is 1.94. The molecule has 1 aromatic rings. The molecule has 0 radical (unpaired) electrons. The zero-order valence-corrected chi connectivity index (χ0v) is 11.4. The van der Waals surface area contributed by atoms with Crippen molar-refractivity contribution < 1.29 is 13.9 Å². The summed E-state index contributed by atoms with van der Waals surface area (Å²) in [5.74, 6) is -0.925. The van der Waals surface area contributed by atoms with E-state index in [1.807, 2.05) is 27.7 Å². The second kappa shape index (κ2) is 6.14. The van der Waals surface area contributed by atoms with Crippen LogP contribution in [0.3, 0.4) is 0 Å². The molecule has 18 heavy (non-hydrogen) atoms. The fraction of sp³-hybridized carbons (Fsp3) is 0.571. The van der Waals surface area contributed by atoms with Crippen LogP contribution in [0.25, 0.3) is 0 Å². The minimum atomic E-state index is -0.617. The van der Waals surface area contributed by atoms with E-state index in [9.17, 15) is 8.78 Å². The summed E-state index contributed by atoms with van der Waals surface area (Å²) >= 11 is 0. The Kier molecular flexibility index (Phi) is 5.08. The van der Waals surface area contributed by atoms with Crippen LogP contribution in [0.4, 0.5) is 14.5 Å². The van der Waals surface area contributed by atoms with E-state index in [2.05, 4.69) is 0 Å². The lowest BCUT2D eigenvalue weighted by Crippen LogP contribution is -2.35. The van der Waals surface area contributed by atoms with Crippen LogP contribution in [0.1, 0.15) is 33.3 Å². The Morgan fingerprint density at radius 1 is 1.11 bits per heavy atom. The van der Waals surface area contributed by atoms with E-state index in [4.69, 9.17) is 5.11 Å². The third-order valence-corrected chi connectivity index (χ3v) is 2.73. The topological polar surface area (TPSA) is 23.5 Å². The number of anilines is 1. The van der Waals surface area contributed by atoms with Gasteiger partial charge in [-0.25, -0.2) is 8.78 Å². The molecule has 0 aliphatic rings. The minimum absolute atomic E-state index is 0.00380. The molecule has 0 atom stereocenters. The average Bonchev–Trinajstić information content (AvgIpc) is 2.25. The Morgan fingerprint density at radius 3 is 1.94 bits per heavy atom. The molecule has 1 N–H and O–H groups in total. The third-order valence-electron chi connectivity index (χ3n) is 2.73. The van der Waals surface area contributed by atoms with E-state index < -0.39 is 11.6 Å². The van der Waals surface area contributed by atoms with Gasteiger partial charge >= 0.3 is 0 Å². The molecule has 2 nitrogen and oxygen atoms in total. The van der Waals surface area contributed by atoms with Crippen LogP contribution in [-0.2, 0) is 6.61 Å². The highest BCUT2D eigenvalue weighted by Gasteiger charge is 2.21. The van der Waals surface area contributed by atoms with Crippen molar-refractivity contribution in [2.45, 2.75) is 40.3 Å². The first-order valence-corrected chi connectivity index (χ1v) is 6.22. The first kappa shape index (κ1) is 14.9. The summed E-state index contributed by atoms with van der Waals surface area (Å²) in [6.07, 6.45) is 0. The molecule has 0 saturated carbocycles. The van der Waals surface area contributed by atoms with Crippen molar-refractivity contribution in [1.82, 2.24) is 0 Å². The van der Waals surface area contributed by atoms with Crippen molar-refractivity contribution in [3.63, 3.8) is 0 Å². The normalized spacial score (nSPS) is 11.4. The van der Waals surface area contributed by atoms with Crippen molar-refractivity contribution in [3.8, 4) is 0 Å².